The molecule has 1 aliphatic rings. The second-order valence-corrected chi connectivity index (χ2v) is 8.87. The molecule has 0 aromatic carbocycles. The molecule has 0 unspecified atom stereocenters. The Labute approximate surface area is 151 Å². The molecule has 6 heteroatoms. The molecule has 1 aliphatic carbocycles. The van der Waals surface area contributed by atoms with Crippen molar-refractivity contribution < 1.29 is 4.79 Å². The maximum Gasteiger partial charge on any atom is 0.231 e. The lowest BCUT2D eigenvalue weighted by molar-refractivity contribution is -0.128. The zero-order valence-corrected chi connectivity index (χ0v) is 16.5. The van der Waals surface area contributed by atoms with Gasteiger partial charge in [0.25, 0.3) is 0 Å². The van der Waals surface area contributed by atoms with Gasteiger partial charge in [-0.2, -0.15) is 0 Å². The van der Waals surface area contributed by atoms with Crippen molar-refractivity contribution in [1.82, 2.24) is 14.4 Å². The molecule has 1 saturated carbocycles. The summed E-state index contributed by atoms with van der Waals surface area (Å²) >= 11 is 3.48. The molecule has 0 aliphatic heterocycles. The van der Waals surface area contributed by atoms with Crippen LogP contribution in [0.25, 0.3) is 5.65 Å². The molecular formula is C18H25BrN4O. The molecule has 0 bridgehead atoms. The van der Waals surface area contributed by atoms with Gasteiger partial charge < -0.3 is 0 Å². The molecular weight excluding hydrogens is 368 g/mol. The third-order valence-corrected chi connectivity index (χ3v) is 5.65. The van der Waals surface area contributed by atoms with Crippen LogP contribution in [0.4, 0.5) is 5.82 Å². The second-order valence-electron chi connectivity index (χ2n) is 8.06. The minimum absolute atomic E-state index is 0.0420. The lowest BCUT2D eigenvalue weighted by Crippen LogP contribution is -2.48. The van der Waals surface area contributed by atoms with Crippen LogP contribution in [0.1, 0.15) is 47.5 Å². The topological polar surface area (TPSA) is 50.5 Å². The van der Waals surface area contributed by atoms with Crippen molar-refractivity contribution in [1.29, 1.82) is 0 Å². The van der Waals surface area contributed by atoms with Gasteiger partial charge in [0.1, 0.15) is 4.60 Å². The number of carbonyl (C=O) groups excluding carboxylic acids is 1. The van der Waals surface area contributed by atoms with Gasteiger partial charge in [-0.25, -0.2) is 9.97 Å². The Balaban J connectivity index is 1.89. The molecule has 0 saturated heterocycles. The highest BCUT2D eigenvalue weighted by molar-refractivity contribution is 9.10. The Morgan fingerprint density at radius 1 is 1.33 bits per heavy atom. The average Bonchev–Trinajstić information content (AvgIpc) is 2.78. The Morgan fingerprint density at radius 2 is 2.00 bits per heavy atom. The van der Waals surface area contributed by atoms with E-state index in [4.69, 9.17) is 0 Å². The quantitative estimate of drug-likeness (QED) is 0.781. The van der Waals surface area contributed by atoms with Crippen LogP contribution in [0, 0.1) is 17.3 Å². The van der Waals surface area contributed by atoms with E-state index < -0.39 is 0 Å². The standard InChI is InChI=1S/C18H25BrN4O/c1-11(2)23(17(24)12-8-13(9-12)18(3,4)5)16-15-21-10-14(19)22(15)7-6-20-16/h6-7,10-13H,8-9H2,1-5H3. The number of anilines is 1. The molecule has 2 aromatic rings. The van der Waals surface area contributed by atoms with E-state index >= 15 is 0 Å². The predicted octanol–water partition coefficient (Wildman–Crippen LogP) is 4.31. The largest absolute Gasteiger partial charge is 0.291 e. The predicted molar refractivity (Wildman–Crippen MR) is 99.0 cm³/mol. The molecule has 2 heterocycles. The summed E-state index contributed by atoms with van der Waals surface area (Å²) in [6.07, 6.45) is 7.23. The van der Waals surface area contributed by atoms with Crippen molar-refractivity contribution in [2.45, 2.75) is 53.5 Å². The molecule has 5 nitrogen and oxygen atoms in total. The summed E-state index contributed by atoms with van der Waals surface area (Å²) < 4.78 is 2.76. The Kier molecular flexibility index (Phi) is 4.45. The van der Waals surface area contributed by atoms with Gasteiger partial charge in [0.05, 0.1) is 6.20 Å². The molecule has 1 amide bonds. The first-order valence-corrected chi connectivity index (χ1v) is 9.30. The third-order valence-electron chi connectivity index (χ3n) is 5.06. The number of hydrogen-bond acceptors (Lipinski definition) is 3. The fraction of sp³-hybridized carbons (Fsp3) is 0.611. The Morgan fingerprint density at radius 3 is 2.58 bits per heavy atom. The van der Waals surface area contributed by atoms with E-state index in [2.05, 4.69) is 46.7 Å². The first kappa shape index (κ1) is 17.4. The van der Waals surface area contributed by atoms with Crippen molar-refractivity contribution >= 4 is 33.3 Å². The Bertz CT molecular complexity index is 756. The summed E-state index contributed by atoms with van der Waals surface area (Å²) in [4.78, 5) is 23.8. The summed E-state index contributed by atoms with van der Waals surface area (Å²) in [6, 6.07) is 0.0420. The summed E-state index contributed by atoms with van der Waals surface area (Å²) in [5.74, 6) is 1.52. The van der Waals surface area contributed by atoms with Gasteiger partial charge in [0.2, 0.25) is 5.91 Å². The molecule has 2 aromatic heterocycles. The first-order chi connectivity index (χ1) is 11.2. The molecule has 130 valence electrons. The van der Waals surface area contributed by atoms with E-state index in [0.29, 0.717) is 17.4 Å². The number of hydrogen-bond donors (Lipinski definition) is 0. The molecule has 1 fully saturated rings. The molecule has 0 atom stereocenters. The molecule has 24 heavy (non-hydrogen) atoms. The van der Waals surface area contributed by atoms with Crippen LogP contribution in [0.15, 0.2) is 23.2 Å². The molecule has 3 rings (SSSR count). The molecule has 0 radical (unpaired) electrons. The van der Waals surface area contributed by atoms with Gasteiger partial charge in [-0.05, 0) is 54.0 Å². The highest BCUT2D eigenvalue weighted by Crippen LogP contribution is 2.46. The number of nitrogens with zero attached hydrogens (tertiary/aromatic N) is 4. The molecule has 0 N–H and O–H groups in total. The van der Waals surface area contributed by atoms with E-state index in [0.717, 1.165) is 17.4 Å². The van der Waals surface area contributed by atoms with Crippen LogP contribution >= 0.6 is 15.9 Å². The fourth-order valence-corrected chi connectivity index (χ4v) is 3.76. The monoisotopic (exact) mass is 392 g/mol. The number of fused-ring (bicyclic) bond motifs is 1. The van der Waals surface area contributed by atoms with E-state index in [1.54, 1.807) is 12.4 Å². The van der Waals surface area contributed by atoms with E-state index in [-0.39, 0.29) is 23.3 Å². The summed E-state index contributed by atoms with van der Waals surface area (Å²) in [5.41, 5.74) is 0.976. The van der Waals surface area contributed by atoms with Gasteiger partial charge in [0.15, 0.2) is 11.5 Å². The van der Waals surface area contributed by atoms with E-state index in [9.17, 15) is 4.79 Å². The smallest absolute Gasteiger partial charge is 0.231 e. The minimum Gasteiger partial charge on any atom is -0.291 e. The maximum absolute atomic E-state index is 13.1. The van der Waals surface area contributed by atoms with Crippen LogP contribution in [0.5, 0.6) is 0 Å². The van der Waals surface area contributed by atoms with Crippen molar-refractivity contribution in [2.75, 3.05) is 4.90 Å². The highest BCUT2D eigenvalue weighted by Gasteiger charge is 2.43. The number of amides is 1. The molecule has 0 spiro atoms. The summed E-state index contributed by atoms with van der Waals surface area (Å²) in [7, 11) is 0. The first-order valence-electron chi connectivity index (χ1n) is 8.50. The lowest BCUT2D eigenvalue weighted by Gasteiger charge is -2.44. The van der Waals surface area contributed by atoms with Crippen molar-refractivity contribution in [2.24, 2.45) is 17.3 Å². The number of halogens is 1. The highest BCUT2D eigenvalue weighted by atomic mass is 79.9. The fourth-order valence-electron chi connectivity index (χ4n) is 3.37. The van der Waals surface area contributed by atoms with Gasteiger partial charge in [-0.15, -0.1) is 0 Å². The normalized spacial score (nSPS) is 21.1. The van der Waals surface area contributed by atoms with Crippen molar-refractivity contribution in [3.8, 4) is 0 Å². The zero-order valence-electron chi connectivity index (χ0n) is 15.0. The number of rotatable bonds is 3. The van der Waals surface area contributed by atoms with Gasteiger partial charge >= 0.3 is 0 Å². The second kappa shape index (κ2) is 6.14. The zero-order chi connectivity index (χ0) is 17.6. The number of imidazole rings is 1. The lowest BCUT2D eigenvalue weighted by atomic mass is 9.62. The third kappa shape index (κ3) is 2.96. The van der Waals surface area contributed by atoms with Crippen LogP contribution in [-0.2, 0) is 4.79 Å². The van der Waals surface area contributed by atoms with Crippen molar-refractivity contribution in [3.63, 3.8) is 0 Å². The number of aromatic nitrogens is 3. The number of carbonyl (C=O) groups is 1. The van der Waals surface area contributed by atoms with E-state index in [1.165, 1.54) is 0 Å². The minimum atomic E-state index is 0.0420. The average molecular weight is 393 g/mol. The maximum atomic E-state index is 13.1. The van der Waals surface area contributed by atoms with Gasteiger partial charge in [-0.3, -0.25) is 14.1 Å². The van der Waals surface area contributed by atoms with Gasteiger partial charge in [0, 0.05) is 24.4 Å². The van der Waals surface area contributed by atoms with Crippen molar-refractivity contribution in [3.05, 3.63) is 23.2 Å². The van der Waals surface area contributed by atoms with Crippen LogP contribution in [0.3, 0.4) is 0 Å². The van der Waals surface area contributed by atoms with Crippen LogP contribution in [0.2, 0.25) is 0 Å². The Hall–Kier alpha value is -1.43. The van der Waals surface area contributed by atoms with E-state index in [1.807, 2.05) is 29.3 Å². The summed E-state index contributed by atoms with van der Waals surface area (Å²) in [5, 5.41) is 0. The van der Waals surface area contributed by atoms with Crippen LogP contribution in [-0.4, -0.2) is 26.3 Å². The summed E-state index contributed by atoms with van der Waals surface area (Å²) in [6.45, 7) is 10.8. The van der Waals surface area contributed by atoms with Gasteiger partial charge in [-0.1, -0.05) is 20.8 Å². The van der Waals surface area contributed by atoms with Crippen LogP contribution < -0.4 is 4.90 Å². The SMILES string of the molecule is CC(C)N(C(=O)C1CC(C(C)(C)C)C1)c1nccn2c(Br)cnc12.